The molecule has 128 valence electrons. The van der Waals surface area contributed by atoms with Crippen LogP contribution in [0.15, 0.2) is 40.5 Å². The summed E-state index contributed by atoms with van der Waals surface area (Å²) >= 11 is 1.74. The third-order valence-electron chi connectivity index (χ3n) is 5.14. The predicted molar refractivity (Wildman–Crippen MR) is 101 cm³/mol. The first-order chi connectivity index (χ1) is 12.4. The van der Waals surface area contributed by atoms with Crippen LogP contribution in [-0.2, 0) is 6.54 Å². The zero-order valence-corrected chi connectivity index (χ0v) is 14.8. The van der Waals surface area contributed by atoms with Crippen molar-refractivity contribution in [1.82, 2.24) is 19.9 Å². The van der Waals surface area contributed by atoms with Gasteiger partial charge in [-0.1, -0.05) is 0 Å². The second-order valence-electron chi connectivity index (χ2n) is 6.67. The molecule has 1 saturated heterocycles. The fourth-order valence-electron chi connectivity index (χ4n) is 3.81. The highest BCUT2D eigenvalue weighted by atomic mass is 32.1. The Morgan fingerprint density at radius 2 is 2.16 bits per heavy atom. The van der Waals surface area contributed by atoms with Gasteiger partial charge < -0.3 is 14.3 Å². The van der Waals surface area contributed by atoms with Gasteiger partial charge in [0, 0.05) is 6.54 Å². The summed E-state index contributed by atoms with van der Waals surface area (Å²) in [6.45, 7) is 3.24. The van der Waals surface area contributed by atoms with Crippen LogP contribution in [0.25, 0.3) is 32.8 Å². The second kappa shape index (κ2) is 6.28. The van der Waals surface area contributed by atoms with E-state index in [1.807, 2.05) is 18.3 Å². The van der Waals surface area contributed by atoms with Crippen LogP contribution in [-0.4, -0.2) is 27.6 Å². The van der Waals surface area contributed by atoms with Crippen LogP contribution in [0.3, 0.4) is 0 Å². The maximum atomic E-state index is 5.66. The number of hydrogen-bond acceptors (Lipinski definition) is 5. The van der Waals surface area contributed by atoms with Crippen LogP contribution in [0.2, 0.25) is 0 Å². The van der Waals surface area contributed by atoms with Crippen LogP contribution in [0.1, 0.15) is 19.3 Å². The quantitative estimate of drug-likeness (QED) is 0.595. The molecule has 0 amide bonds. The molecule has 0 spiro atoms. The molecule has 5 nitrogen and oxygen atoms in total. The molecule has 0 aliphatic carbocycles. The largest absolute Gasteiger partial charge is 0.461 e. The average molecular weight is 352 g/mol. The van der Waals surface area contributed by atoms with Gasteiger partial charge in [-0.05, 0) is 61.8 Å². The highest BCUT2D eigenvalue weighted by Gasteiger charge is 2.20. The van der Waals surface area contributed by atoms with Crippen molar-refractivity contribution in [2.75, 3.05) is 13.1 Å². The summed E-state index contributed by atoms with van der Waals surface area (Å²) in [6, 6.07) is 5.99. The first kappa shape index (κ1) is 15.1. The highest BCUT2D eigenvalue weighted by molar-refractivity contribution is 7.18. The number of hydrogen-bond donors (Lipinski definition) is 1. The zero-order chi connectivity index (χ0) is 16.6. The Morgan fingerprint density at radius 3 is 3.00 bits per heavy atom. The van der Waals surface area contributed by atoms with Crippen molar-refractivity contribution in [2.24, 2.45) is 5.92 Å². The lowest BCUT2D eigenvalue weighted by Crippen LogP contribution is -2.28. The van der Waals surface area contributed by atoms with Gasteiger partial charge in [-0.3, -0.25) is 4.98 Å². The van der Waals surface area contributed by atoms with Crippen molar-refractivity contribution in [2.45, 2.75) is 25.8 Å². The second-order valence-corrected chi connectivity index (χ2v) is 7.59. The van der Waals surface area contributed by atoms with Gasteiger partial charge in [-0.2, -0.15) is 0 Å². The predicted octanol–water partition coefficient (Wildman–Crippen LogP) is 4.30. The molecule has 0 aromatic carbocycles. The Kier molecular flexibility index (Phi) is 3.79. The summed E-state index contributed by atoms with van der Waals surface area (Å²) in [5, 5.41) is 5.56. The Labute approximate surface area is 149 Å². The molecule has 0 atom stereocenters. The van der Waals surface area contributed by atoms with E-state index < -0.39 is 0 Å². The zero-order valence-electron chi connectivity index (χ0n) is 13.9. The number of piperidine rings is 1. The van der Waals surface area contributed by atoms with Crippen LogP contribution >= 0.6 is 11.3 Å². The number of furan rings is 1. The summed E-state index contributed by atoms with van der Waals surface area (Å²) in [7, 11) is 0. The number of nitrogens with one attached hydrogen (secondary N) is 1. The van der Waals surface area contributed by atoms with Crippen molar-refractivity contribution in [3.63, 3.8) is 0 Å². The summed E-state index contributed by atoms with van der Waals surface area (Å²) in [6.07, 6.45) is 7.30. The van der Waals surface area contributed by atoms with Gasteiger partial charge in [0.1, 0.15) is 5.52 Å². The van der Waals surface area contributed by atoms with E-state index in [1.54, 1.807) is 17.6 Å². The first-order valence-corrected chi connectivity index (χ1v) is 9.75. The molecule has 0 unspecified atom stereocenters. The number of imidazole rings is 1. The smallest absolute Gasteiger partial charge is 0.177 e. The van der Waals surface area contributed by atoms with Crippen LogP contribution in [0.5, 0.6) is 0 Å². The molecule has 0 bridgehead atoms. The van der Waals surface area contributed by atoms with E-state index in [4.69, 9.17) is 9.40 Å². The van der Waals surface area contributed by atoms with Gasteiger partial charge in [0.25, 0.3) is 0 Å². The first-order valence-electron chi connectivity index (χ1n) is 8.87. The third kappa shape index (κ3) is 2.65. The average Bonchev–Trinajstić information content (AvgIpc) is 3.38. The minimum absolute atomic E-state index is 0.781. The molecule has 0 radical (unpaired) electrons. The molecule has 4 aromatic heterocycles. The fourth-order valence-corrected chi connectivity index (χ4v) is 4.71. The molecule has 4 aromatic rings. The van der Waals surface area contributed by atoms with Crippen molar-refractivity contribution in [3.8, 4) is 11.6 Å². The molecule has 6 heteroatoms. The Morgan fingerprint density at radius 1 is 1.24 bits per heavy atom. The van der Waals surface area contributed by atoms with Crippen molar-refractivity contribution in [3.05, 3.63) is 36.0 Å². The summed E-state index contributed by atoms with van der Waals surface area (Å²) in [4.78, 5) is 9.40. The van der Waals surface area contributed by atoms with Crippen LogP contribution < -0.4 is 5.32 Å². The summed E-state index contributed by atoms with van der Waals surface area (Å²) in [5.41, 5.74) is 3.19. The third-order valence-corrected chi connectivity index (χ3v) is 6.05. The lowest BCUT2D eigenvalue weighted by atomic mass is 9.95. The Hall–Kier alpha value is -2.18. The molecule has 1 fully saturated rings. The lowest BCUT2D eigenvalue weighted by molar-refractivity contribution is 0.339. The summed E-state index contributed by atoms with van der Waals surface area (Å²) in [5.74, 6) is 2.52. The summed E-state index contributed by atoms with van der Waals surface area (Å²) < 4.78 is 9.22. The van der Waals surface area contributed by atoms with Crippen LogP contribution in [0, 0.1) is 5.92 Å². The topological polar surface area (TPSA) is 55.9 Å². The number of pyridine rings is 1. The molecule has 5 heterocycles. The van der Waals surface area contributed by atoms with Gasteiger partial charge in [0.2, 0.25) is 0 Å². The van der Waals surface area contributed by atoms with E-state index in [2.05, 4.69) is 26.3 Å². The van der Waals surface area contributed by atoms with Crippen molar-refractivity contribution >= 4 is 32.6 Å². The maximum Gasteiger partial charge on any atom is 0.177 e. The van der Waals surface area contributed by atoms with E-state index in [0.717, 1.165) is 48.2 Å². The number of nitrogens with zero attached hydrogens (tertiary/aromatic N) is 3. The van der Waals surface area contributed by atoms with E-state index in [9.17, 15) is 0 Å². The molecule has 0 saturated carbocycles. The molecular formula is C19H20N4OS. The minimum atomic E-state index is 0.781. The van der Waals surface area contributed by atoms with Gasteiger partial charge in [-0.25, -0.2) is 4.98 Å². The number of thiophene rings is 1. The normalized spacial score (nSPS) is 16.2. The Bertz CT molecular complexity index is 995. The maximum absolute atomic E-state index is 5.66. The van der Waals surface area contributed by atoms with Gasteiger partial charge in [0.15, 0.2) is 11.6 Å². The molecule has 1 aliphatic rings. The molecular weight excluding hydrogens is 332 g/mol. The monoisotopic (exact) mass is 352 g/mol. The molecule has 25 heavy (non-hydrogen) atoms. The molecule has 1 aliphatic heterocycles. The SMILES string of the molecule is c1coc(-c2nc3cnc4ccsc4c3n2CCC2CCNCC2)c1. The minimum Gasteiger partial charge on any atom is -0.461 e. The van der Waals surface area contributed by atoms with E-state index in [1.165, 1.54) is 29.5 Å². The highest BCUT2D eigenvalue weighted by Crippen LogP contribution is 2.33. The number of aromatic nitrogens is 3. The molecule has 5 rings (SSSR count). The Balaban J connectivity index is 1.62. The van der Waals surface area contributed by atoms with E-state index >= 15 is 0 Å². The lowest BCUT2D eigenvalue weighted by Gasteiger charge is -2.23. The number of aryl methyl sites for hydroxylation is 1. The number of fused-ring (bicyclic) bond motifs is 3. The van der Waals surface area contributed by atoms with Crippen molar-refractivity contribution < 1.29 is 4.42 Å². The van der Waals surface area contributed by atoms with Gasteiger partial charge in [-0.15, -0.1) is 11.3 Å². The van der Waals surface area contributed by atoms with Crippen molar-refractivity contribution in [1.29, 1.82) is 0 Å². The molecule has 1 N–H and O–H groups in total. The van der Waals surface area contributed by atoms with Gasteiger partial charge in [0.05, 0.1) is 28.2 Å². The van der Waals surface area contributed by atoms with E-state index in [0.29, 0.717) is 0 Å². The fraction of sp³-hybridized carbons (Fsp3) is 0.368. The van der Waals surface area contributed by atoms with Crippen LogP contribution in [0.4, 0.5) is 0 Å². The van der Waals surface area contributed by atoms with Gasteiger partial charge >= 0.3 is 0 Å². The van der Waals surface area contributed by atoms with E-state index in [-0.39, 0.29) is 0 Å². The standard InChI is InChI=1S/C19H20N4OS/c1-2-16(24-10-1)19-22-15-12-21-14-6-11-25-18(14)17(15)23(19)9-5-13-3-7-20-8-4-13/h1-2,6,10-13,20H,3-5,7-9H2. The number of rotatable bonds is 4.